The summed E-state index contributed by atoms with van der Waals surface area (Å²) in [5.41, 5.74) is 2.98. The molecule has 5 nitrogen and oxygen atoms in total. The van der Waals surface area contributed by atoms with E-state index in [1.807, 2.05) is 18.3 Å². The number of hydrogen-bond acceptors (Lipinski definition) is 3. The number of nitrogens with zero attached hydrogens (tertiary/aromatic N) is 1. The van der Waals surface area contributed by atoms with Gasteiger partial charge >= 0.3 is 0 Å². The molecule has 0 aliphatic rings. The molecule has 2 heterocycles. The van der Waals surface area contributed by atoms with Crippen molar-refractivity contribution in [3.8, 4) is 5.88 Å². The third kappa shape index (κ3) is 3.51. The minimum atomic E-state index is -0.0314. The Morgan fingerprint density at radius 3 is 3.00 bits per heavy atom. The van der Waals surface area contributed by atoms with Crippen molar-refractivity contribution in [3.05, 3.63) is 54.4 Å². The van der Waals surface area contributed by atoms with E-state index in [2.05, 4.69) is 27.4 Å². The molecule has 1 aromatic carbocycles. The summed E-state index contributed by atoms with van der Waals surface area (Å²) in [7, 11) is 1.54. The van der Waals surface area contributed by atoms with Crippen molar-refractivity contribution in [1.29, 1.82) is 0 Å². The number of rotatable bonds is 6. The predicted octanol–water partition coefficient (Wildman–Crippen LogP) is 3.53. The van der Waals surface area contributed by atoms with Gasteiger partial charge in [0.05, 0.1) is 7.11 Å². The van der Waals surface area contributed by atoms with Crippen LogP contribution in [0.1, 0.15) is 18.4 Å². The number of H-pyrrole nitrogens is 1. The monoisotopic (exact) mass is 309 g/mol. The van der Waals surface area contributed by atoms with Crippen LogP contribution in [0, 0.1) is 0 Å². The van der Waals surface area contributed by atoms with Crippen LogP contribution in [0.3, 0.4) is 0 Å². The lowest BCUT2D eigenvalue weighted by Gasteiger charge is -2.08. The molecule has 0 fully saturated rings. The van der Waals surface area contributed by atoms with Gasteiger partial charge in [-0.25, -0.2) is 4.98 Å². The molecule has 5 heteroatoms. The zero-order valence-corrected chi connectivity index (χ0v) is 13.0. The minimum absolute atomic E-state index is 0.0314. The fourth-order valence-electron chi connectivity index (χ4n) is 2.64. The quantitative estimate of drug-likeness (QED) is 0.732. The number of pyridine rings is 1. The molecule has 2 N–H and O–H groups in total. The van der Waals surface area contributed by atoms with Crippen LogP contribution < -0.4 is 10.1 Å². The van der Waals surface area contributed by atoms with E-state index in [9.17, 15) is 4.79 Å². The summed E-state index contributed by atoms with van der Waals surface area (Å²) in [4.78, 5) is 19.4. The Bertz CT molecular complexity index is 811. The van der Waals surface area contributed by atoms with Gasteiger partial charge in [0.25, 0.3) is 0 Å². The van der Waals surface area contributed by atoms with Crippen molar-refractivity contribution in [3.63, 3.8) is 0 Å². The molecule has 0 unspecified atom stereocenters. The highest BCUT2D eigenvalue weighted by molar-refractivity contribution is 5.91. The third-order valence-corrected chi connectivity index (χ3v) is 3.76. The molecule has 0 saturated carbocycles. The first kappa shape index (κ1) is 15.1. The van der Waals surface area contributed by atoms with Crippen LogP contribution in [-0.4, -0.2) is 23.0 Å². The van der Waals surface area contributed by atoms with E-state index in [-0.39, 0.29) is 5.91 Å². The lowest BCUT2D eigenvalue weighted by atomic mass is 10.1. The Balaban J connectivity index is 1.55. The summed E-state index contributed by atoms with van der Waals surface area (Å²) < 4.78 is 5.13. The van der Waals surface area contributed by atoms with Gasteiger partial charge in [-0.2, -0.15) is 0 Å². The summed E-state index contributed by atoms with van der Waals surface area (Å²) in [5, 5.41) is 4.07. The van der Waals surface area contributed by atoms with Gasteiger partial charge in [-0.3, -0.25) is 4.79 Å². The fourth-order valence-corrected chi connectivity index (χ4v) is 2.64. The fraction of sp³-hybridized carbons (Fsp3) is 0.222. The maximum absolute atomic E-state index is 12.1. The van der Waals surface area contributed by atoms with Gasteiger partial charge in [-0.05, 0) is 36.6 Å². The maximum atomic E-state index is 12.1. The van der Waals surface area contributed by atoms with Crippen molar-refractivity contribution >= 4 is 22.5 Å². The molecule has 118 valence electrons. The Kier molecular flexibility index (Phi) is 4.57. The predicted molar refractivity (Wildman–Crippen MR) is 90.7 cm³/mol. The summed E-state index contributed by atoms with van der Waals surface area (Å²) >= 11 is 0. The second-order valence-electron chi connectivity index (χ2n) is 5.32. The van der Waals surface area contributed by atoms with Gasteiger partial charge in [-0.1, -0.05) is 18.2 Å². The smallest absolute Gasteiger partial charge is 0.237 e. The summed E-state index contributed by atoms with van der Waals surface area (Å²) in [6.45, 7) is 0. The summed E-state index contributed by atoms with van der Waals surface area (Å²) in [6, 6.07) is 11.7. The Labute approximate surface area is 134 Å². The average Bonchev–Trinajstić information content (AvgIpc) is 2.99. The van der Waals surface area contributed by atoms with E-state index < -0.39 is 0 Å². The van der Waals surface area contributed by atoms with Crippen molar-refractivity contribution in [2.45, 2.75) is 19.3 Å². The molecular weight excluding hydrogens is 290 g/mol. The molecule has 0 bridgehead atoms. The van der Waals surface area contributed by atoms with Gasteiger partial charge in [-0.15, -0.1) is 0 Å². The number of aryl methyl sites for hydroxylation is 1. The zero-order valence-electron chi connectivity index (χ0n) is 13.0. The van der Waals surface area contributed by atoms with E-state index in [1.165, 1.54) is 18.1 Å². The first-order valence-corrected chi connectivity index (χ1v) is 7.62. The zero-order chi connectivity index (χ0) is 16.1. The minimum Gasteiger partial charge on any atom is -0.480 e. The van der Waals surface area contributed by atoms with Crippen molar-refractivity contribution < 1.29 is 9.53 Å². The second kappa shape index (κ2) is 6.96. The third-order valence-electron chi connectivity index (χ3n) is 3.76. The number of methoxy groups -OCH3 is 1. The lowest BCUT2D eigenvalue weighted by Crippen LogP contribution is -2.12. The Hall–Kier alpha value is -2.82. The number of carbonyl (C=O) groups excluding carboxylic acids is 1. The van der Waals surface area contributed by atoms with E-state index in [1.54, 1.807) is 18.3 Å². The highest BCUT2D eigenvalue weighted by atomic mass is 16.5. The van der Waals surface area contributed by atoms with E-state index in [0.29, 0.717) is 18.0 Å². The number of carbonyl (C=O) groups is 1. The van der Waals surface area contributed by atoms with Crippen LogP contribution in [-0.2, 0) is 11.2 Å². The molecule has 0 radical (unpaired) electrons. The number of benzene rings is 1. The number of aromatic amines is 1. The van der Waals surface area contributed by atoms with Gasteiger partial charge in [0.15, 0.2) is 0 Å². The first-order chi connectivity index (χ1) is 11.3. The Morgan fingerprint density at radius 1 is 1.26 bits per heavy atom. The number of ether oxygens (including phenoxy) is 1. The SMILES string of the molecule is COc1ncccc1NC(=O)CCCc1c[nH]c2ccccc12. The van der Waals surface area contributed by atoms with Gasteiger partial charge in [0, 0.05) is 29.7 Å². The lowest BCUT2D eigenvalue weighted by molar-refractivity contribution is -0.116. The molecule has 23 heavy (non-hydrogen) atoms. The molecule has 0 aliphatic heterocycles. The van der Waals surface area contributed by atoms with Crippen molar-refractivity contribution in [2.75, 3.05) is 12.4 Å². The van der Waals surface area contributed by atoms with E-state index in [0.717, 1.165) is 18.4 Å². The molecule has 1 amide bonds. The topological polar surface area (TPSA) is 67.0 Å². The maximum Gasteiger partial charge on any atom is 0.237 e. The molecule has 2 aromatic heterocycles. The van der Waals surface area contributed by atoms with Crippen LogP contribution in [0.2, 0.25) is 0 Å². The molecule has 0 saturated heterocycles. The number of nitrogens with one attached hydrogen (secondary N) is 2. The van der Waals surface area contributed by atoms with Crippen molar-refractivity contribution in [2.24, 2.45) is 0 Å². The first-order valence-electron chi connectivity index (χ1n) is 7.62. The van der Waals surface area contributed by atoms with Crippen LogP contribution in [0.15, 0.2) is 48.8 Å². The normalized spacial score (nSPS) is 10.7. The molecule has 0 aliphatic carbocycles. The molecule has 0 atom stereocenters. The van der Waals surface area contributed by atoms with E-state index in [4.69, 9.17) is 4.74 Å². The number of amides is 1. The number of anilines is 1. The largest absolute Gasteiger partial charge is 0.480 e. The number of fused-ring (bicyclic) bond motifs is 1. The van der Waals surface area contributed by atoms with Crippen LogP contribution in [0.5, 0.6) is 5.88 Å². The highest BCUT2D eigenvalue weighted by Crippen LogP contribution is 2.21. The standard InChI is InChI=1S/C18H19N3O2/c1-23-18-16(9-5-11-19-18)21-17(22)10-4-6-13-12-20-15-8-3-2-7-14(13)15/h2-3,5,7-9,11-12,20H,4,6,10H2,1H3,(H,21,22). The number of hydrogen-bond donors (Lipinski definition) is 2. The van der Waals surface area contributed by atoms with E-state index >= 15 is 0 Å². The summed E-state index contributed by atoms with van der Waals surface area (Å²) in [5.74, 6) is 0.397. The second-order valence-corrected chi connectivity index (χ2v) is 5.32. The average molecular weight is 309 g/mol. The van der Waals surface area contributed by atoms with Gasteiger partial charge in [0.1, 0.15) is 5.69 Å². The number of aromatic nitrogens is 2. The van der Waals surface area contributed by atoms with Crippen molar-refractivity contribution in [1.82, 2.24) is 9.97 Å². The van der Waals surface area contributed by atoms with Gasteiger partial charge in [0.2, 0.25) is 11.8 Å². The Morgan fingerprint density at radius 2 is 2.13 bits per heavy atom. The van der Waals surface area contributed by atoms with Crippen LogP contribution in [0.4, 0.5) is 5.69 Å². The van der Waals surface area contributed by atoms with Gasteiger partial charge < -0.3 is 15.0 Å². The molecule has 0 spiro atoms. The number of para-hydroxylation sites is 1. The molecular formula is C18H19N3O2. The molecule has 3 aromatic rings. The highest BCUT2D eigenvalue weighted by Gasteiger charge is 2.09. The summed E-state index contributed by atoms with van der Waals surface area (Å²) in [6.07, 6.45) is 5.76. The van der Waals surface area contributed by atoms with Crippen LogP contribution in [0.25, 0.3) is 10.9 Å². The molecule has 3 rings (SSSR count). The van der Waals surface area contributed by atoms with Crippen LogP contribution >= 0.6 is 0 Å².